The van der Waals surface area contributed by atoms with Crippen molar-refractivity contribution < 1.29 is 14.6 Å². The van der Waals surface area contributed by atoms with Crippen molar-refractivity contribution in [2.75, 3.05) is 31.2 Å². The lowest BCUT2D eigenvalue weighted by atomic mass is 10.2. The molecule has 0 bridgehead atoms. The van der Waals surface area contributed by atoms with E-state index in [1.807, 2.05) is 18.7 Å². The second-order valence-corrected chi connectivity index (χ2v) is 5.24. The van der Waals surface area contributed by atoms with Crippen LogP contribution in [0.3, 0.4) is 0 Å². The van der Waals surface area contributed by atoms with Gasteiger partial charge in [0.15, 0.2) is 11.5 Å². The van der Waals surface area contributed by atoms with Crippen LogP contribution >= 0.6 is 0 Å². The van der Waals surface area contributed by atoms with E-state index in [0.717, 1.165) is 0 Å². The predicted octanol–water partition coefficient (Wildman–Crippen LogP) is 0.782. The molecule has 0 aromatic carbocycles. The Balaban J connectivity index is 2.16. The first kappa shape index (κ1) is 13.7. The molecular weight excluding hydrogens is 274 g/mol. The van der Waals surface area contributed by atoms with E-state index in [9.17, 15) is 9.90 Å². The quantitative estimate of drug-likeness (QED) is 0.893. The van der Waals surface area contributed by atoms with E-state index >= 15 is 0 Å². The molecule has 0 saturated carbocycles. The van der Waals surface area contributed by atoms with Crippen LogP contribution in [0.4, 0.5) is 5.82 Å². The molecule has 0 spiro atoms. The zero-order valence-corrected chi connectivity index (χ0v) is 12.0. The molecule has 1 N–H and O–H groups in total. The highest BCUT2D eigenvalue weighted by molar-refractivity contribution is 5.87. The average molecular weight is 291 g/mol. The summed E-state index contributed by atoms with van der Waals surface area (Å²) in [6.45, 7) is 6.57. The van der Waals surface area contributed by atoms with Gasteiger partial charge in [-0.3, -0.25) is 0 Å². The lowest BCUT2D eigenvalue weighted by molar-refractivity contribution is 0.0690. The van der Waals surface area contributed by atoms with Crippen LogP contribution in [0, 0.1) is 0 Å². The zero-order valence-electron chi connectivity index (χ0n) is 12.0. The predicted molar refractivity (Wildman–Crippen MR) is 74.9 cm³/mol. The number of carboxylic acids is 1. The minimum Gasteiger partial charge on any atom is -0.477 e. The Labute approximate surface area is 121 Å². The van der Waals surface area contributed by atoms with Crippen LogP contribution in [0.15, 0.2) is 6.07 Å². The van der Waals surface area contributed by atoms with Crippen LogP contribution < -0.4 is 4.90 Å². The summed E-state index contributed by atoms with van der Waals surface area (Å²) in [5.41, 5.74) is -0.0216. The molecule has 3 heterocycles. The van der Waals surface area contributed by atoms with Crippen molar-refractivity contribution in [2.24, 2.45) is 0 Å². The summed E-state index contributed by atoms with van der Waals surface area (Å²) < 4.78 is 6.95. The van der Waals surface area contributed by atoms with E-state index in [4.69, 9.17) is 4.74 Å². The molecular formula is C13H17N5O3. The van der Waals surface area contributed by atoms with Gasteiger partial charge in [-0.05, 0) is 0 Å². The van der Waals surface area contributed by atoms with Crippen molar-refractivity contribution in [2.45, 2.75) is 19.8 Å². The van der Waals surface area contributed by atoms with Crippen LogP contribution in [0.1, 0.15) is 36.1 Å². The summed E-state index contributed by atoms with van der Waals surface area (Å²) >= 11 is 0. The third-order valence-corrected chi connectivity index (χ3v) is 3.38. The SMILES string of the molecule is CC(C)c1nc2nc(C(=O)O)cc(N3CCOCC3)n2n1. The molecule has 0 atom stereocenters. The molecule has 0 amide bonds. The molecule has 0 radical (unpaired) electrons. The first-order chi connectivity index (χ1) is 10.1. The molecule has 3 rings (SSSR count). The van der Waals surface area contributed by atoms with Gasteiger partial charge in [0.25, 0.3) is 5.78 Å². The van der Waals surface area contributed by atoms with Crippen molar-refractivity contribution in [3.63, 3.8) is 0 Å². The smallest absolute Gasteiger partial charge is 0.354 e. The van der Waals surface area contributed by atoms with Gasteiger partial charge < -0.3 is 14.7 Å². The van der Waals surface area contributed by atoms with Gasteiger partial charge >= 0.3 is 5.97 Å². The number of fused-ring (bicyclic) bond motifs is 1. The Morgan fingerprint density at radius 2 is 2.05 bits per heavy atom. The number of ether oxygens (including phenoxy) is 1. The van der Waals surface area contributed by atoms with E-state index in [1.165, 1.54) is 0 Å². The Morgan fingerprint density at radius 3 is 2.67 bits per heavy atom. The number of carbonyl (C=O) groups is 1. The van der Waals surface area contributed by atoms with E-state index in [2.05, 4.69) is 15.1 Å². The first-order valence-electron chi connectivity index (χ1n) is 6.90. The van der Waals surface area contributed by atoms with Gasteiger partial charge in [0.05, 0.1) is 13.2 Å². The number of aromatic carboxylic acids is 1. The molecule has 0 aliphatic carbocycles. The lowest BCUT2D eigenvalue weighted by Crippen LogP contribution is -2.37. The van der Waals surface area contributed by atoms with Crippen LogP contribution in [0.5, 0.6) is 0 Å². The van der Waals surface area contributed by atoms with E-state index < -0.39 is 5.97 Å². The molecule has 2 aromatic heterocycles. The van der Waals surface area contributed by atoms with Gasteiger partial charge in [-0.15, -0.1) is 5.10 Å². The van der Waals surface area contributed by atoms with Gasteiger partial charge in [0.1, 0.15) is 5.82 Å². The van der Waals surface area contributed by atoms with Crippen molar-refractivity contribution in [3.05, 3.63) is 17.6 Å². The second kappa shape index (κ2) is 5.28. The second-order valence-electron chi connectivity index (χ2n) is 5.24. The Morgan fingerprint density at radius 1 is 1.33 bits per heavy atom. The van der Waals surface area contributed by atoms with Crippen molar-refractivity contribution in [1.82, 2.24) is 19.6 Å². The Kier molecular flexibility index (Phi) is 3.46. The van der Waals surface area contributed by atoms with Gasteiger partial charge in [0, 0.05) is 25.1 Å². The van der Waals surface area contributed by atoms with Gasteiger partial charge in [-0.2, -0.15) is 9.50 Å². The summed E-state index contributed by atoms with van der Waals surface area (Å²) in [6.07, 6.45) is 0. The van der Waals surface area contributed by atoms with Crippen LogP contribution in [-0.2, 0) is 4.74 Å². The molecule has 21 heavy (non-hydrogen) atoms. The lowest BCUT2D eigenvalue weighted by Gasteiger charge is -2.28. The molecule has 1 aliphatic heterocycles. The third-order valence-electron chi connectivity index (χ3n) is 3.38. The summed E-state index contributed by atoms with van der Waals surface area (Å²) in [5.74, 6) is 0.748. The molecule has 1 fully saturated rings. The monoisotopic (exact) mass is 291 g/mol. The maximum absolute atomic E-state index is 11.3. The normalized spacial score (nSPS) is 15.9. The standard InChI is InChI=1S/C13H17N5O3/c1-8(2)11-15-13-14-9(12(19)20)7-10(18(13)16-11)17-3-5-21-6-4-17/h7-8H,3-6H2,1-2H3,(H,19,20). The topological polar surface area (TPSA) is 92.8 Å². The van der Waals surface area contributed by atoms with Gasteiger partial charge in [-0.25, -0.2) is 9.78 Å². The van der Waals surface area contributed by atoms with Gasteiger partial charge in [-0.1, -0.05) is 13.8 Å². The fourth-order valence-corrected chi connectivity index (χ4v) is 2.24. The van der Waals surface area contributed by atoms with Crippen LogP contribution in [-0.4, -0.2) is 57.0 Å². The van der Waals surface area contributed by atoms with Crippen LogP contribution in [0.2, 0.25) is 0 Å². The van der Waals surface area contributed by atoms with Gasteiger partial charge in [0.2, 0.25) is 0 Å². The number of rotatable bonds is 3. The van der Waals surface area contributed by atoms with Crippen molar-refractivity contribution in [3.8, 4) is 0 Å². The highest BCUT2D eigenvalue weighted by Crippen LogP contribution is 2.20. The number of anilines is 1. The minimum atomic E-state index is -1.07. The number of morpholine rings is 1. The Bertz CT molecular complexity index is 676. The third kappa shape index (κ3) is 2.54. The number of hydrogen-bond donors (Lipinski definition) is 1. The van der Waals surface area contributed by atoms with Crippen molar-refractivity contribution in [1.29, 1.82) is 0 Å². The van der Waals surface area contributed by atoms with Crippen molar-refractivity contribution >= 4 is 17.6 Å². The highest BCUT2D eigenvalue weighted by atomic mass is 16.5. The summed E-state index contributed by atoms with van der Waals surface area (Å²) in [4.78, 5) is 21.7. The number of hydrogen-bond acceptors (Lipinski definition) is 6. The summed E-state index contributed by atoms with van der Waals surface area (Å²) in [6, 6.07) is 1.54. The fraction of sp³-hybridized carbons (Fsp3) is 0.538. The first-order valence-corrected chi connectivity index (χ1v) is 6.90. The molecule has 1 aliphatic rings. The molecule has 8 nitrogen and oxygen atoms in total. The zero-order chi connectivity index (χ0) is 15.0. The van der Waals surface area contributed by atoms with E-state index in [0.29, 0.717) is 43.7 Å². The average Bonchev–Trinajstić information content (AvgIpc) is 2.91. The summed E-state index contributed by atoms with van der Waals surface area (Å²) in [5, 5.41) is 13.7. The minimum absolute atomic E-state index is 0.0216. The maximum Gasteiger partial charge on any atom is 0.354 e. The summed E-state index contributed by atoms with van der Waals surface area (Å²) in [7, 11) is 0. The molecule has 8 heteroatoms. The van der Waals surface area contributed by atoms with E-state index in [-0.39, 0.29) is 11.6 Å². The molecule has 2 aromatic rings. The number of carboxylic acid groups (broad SMARTS) is 1. The van der Waals surface area contributed by atoms with E-state index in [1.54, 1.807) is 10.6 Å². The molecule has 112 valence electrons. The number of aromatic nitrogens is 4. The highest BCUT2D eigenvalue weighted by Gasteiger charge is 2.21. The number of nitrogens with zero attached hydrogens (tertiary/aromatic N) is 5. The Hall–Kier alpha value is -2.22. The maximum atomic E-state index is 11.3. The molecule has 1 saturated heterocycles. The van der Waals surface area contributed by atoms with Crippen LogP contribution in [0.25, 0.3) is 5.78 Å². The molecule has 0 unspecified atom stereocenters. The largest absolute Gasteiger partial charge is 0.477 e. The fourth-order valence-electron chi connectivity index (χ4n) is 2.24.